The highest BCUT2D eigenvalue weighted by Gasteiger charge is 2.20. The summed E-state index contributed by atoms with van der Waals surface area (Å²) in [5, 5.41) is 4.43. The molecule has 1 aromatic heterocycles. The number of ketones is 1. The smallest absolute Gasteiger partial charge is 0.164 e. The van der Waals surface area contributed by atoms with Gasteiger partial charge in [0.05, 0.1) is 25.3 Å². The van der Waals surface area contributed by atoms with Crippen LogP contribution >= 0.6 is 0 Å². The van der Waals surface area contributed by atoms with E-state index in [0.717, 1.165) is 24.4 Å². The molecule has 1 aliphatic rings. The van der Waals surface area contributed by atoms with Crippen LogP contribution in [0.25, 0.3) is 0 Å². The second kappa shape index (κ2) is 6.11. The maximum absolute atomic E-state index is 11.9. The first-order chi connectivity index (χ1) is 8.72. The molecule has 0 atom stereocenters. The summed E-state index contributed by atoms with van der Waals surface area (Å²) >= 11 is 0. The summed E-state index contributed by atoms with van der Waals surface area (Å²) in [6.07, 6.45) is 1.28. The zero-order valence-corrected chi connectivity index (χ0v) is 11.0. The fourth-order valence-electron chi connectivity index (χ4n) is 2.09. The van der Waals surface area contributed by atoms with Gasteiger partial charge in [0.25, 0.3) is 0 Å². The van der Waals surface area contributed by atoms with Crippen LogP contribution in [-0.2, 0) is 33.7 Å². The van der Waals surface area contributed by atoms with Crippen LogP contribution in [0.4, 0.5) is 0 Å². The van der Waals surface area contributed by atoms with Gasteiger partial charge in [-0.15, -0.1) is 0 Å². The van der Waals surface area contributed by atoms with Gasteiger partial charge in [0.2, 0.25) is 0 Å². The van der Waals surface area contributed by atoms with Crippen LogP contribution in [-0.4, -0.2) is 35.1 Å². The van der Waals surface area contributed by atoms with Crippen LogP contribution in [0, 0.1) is 0 Å². The van der Waals surface area contributed by atoms with Gasteiger partial charge in [-0.05, 0) is 19.4 Å². The van der Waals surface area contributed by atoms with Crippen LogP contribution in [0.15, 0.2) is 6.07 Å². The number of aryl methyl sites for hydroxylation is 2. The van der Waals surface area contributed by atoms with Gasteiger partial charge in [-0.2, -0.15) is 5.10 Å². The maximum Gasteiger partial charge on any atom is 0.164 e. The Morgan fingerprint density at radius 2 is 2.17 bits per heavy atom. The highest BCUT2D eigenvalue weighted by Crippen LogP contribution is 2.12. The predicted molar refractivity (Wildman–Crippen MR) is 66.3 cm³/mol. The first-order valence-electron chi connectivity index (χ1n) is 6.53. The minimum absolute atomic E-state index is 0.138. The van der Waals surface area contributed by atoms with Crippen LogP contribution in [0.1, 0.15) is 31.7 Å². The molecule has 5 heteroatoms. The van der Waals surface area contributed by atoms with Crippen molar-refractivity contribution in [3.8, 4) is 0 Å². The molecule has 1 saturated heterocycles. The average molecular weight is 252 g/mol. The topological polar surface area (TPSA) is 53.4 Å². The van der Waals surface area contributed by atoms with Crippen molar-refractivity contribution >= 4 is 5.78 Å². The van der Waals surface area contributed by atoms with Crippen molar-refractivity contribution in [3.63, 3.8) is 0 Å². The molecular formula is C13H20N2O3. The summed E-state index contributed by atoms with van der Waals surface area (Å²) in [7, 11) is 0. The number of rotatable bonds is 6. The molecule has 100 valence electrons. The Bertz CT molecular complexity index is 408. The van der Waals surface area contributed by atoms with E-state index in [-0.39, 0.29) is 12.1 Å². The minimum atomic E-state index is -0.346. The normalized spacial score (nSPS) is 16.3. The Morgan fingerprint density at radius 1 is 1.44 bits per heavy atom. The van der Waals surface area contributed by atoms with Crippen LogP contribution < -0.4 is 0 Å². The number of ether oxygens (including phenoxy) is 2. The third-order valence-electron chi connectivity index (χ3n) is 3.04. The number of aromatic nitrogens is 2. The van der Waals surface area contributed by atoms with Gasteiger partial charge in [0, 0.05) is 18.7 Å². The summed E-state index contributed by atoms with van der Waals surface area (Å²) in [4.78, 5) is 11.9. The summed E-state index contributed by atoms with van der Waals surface area (Å²) in [5.74, 6) is 0.138. The fourth-order valence-corrected chi connectivity index (χ4v) is 2.09. The van der Waals surface area contributed by atoms with Crippen molar-refractivity contribution in [2.45, 2.75) is 45.9 Å². The molecule has 0 unspecified atom stereocenters. The summed E-state index contributed by atoms with van der Waals surface area (Å²) in [5.41, 5.74) is 2.02. The number of nitrogens with zero attached hydrogens (tertiary/aromatic N) is 2. The monoisotopic (exact) mass is 252 g/mol. The number of carbonyl (C=O) groups is 1. The van der Waals surface area contributed by atoms with Crippen molar-refractivity contribution in [1.29, 1.82) is 0 Å². The van der Waals surface area contributed by atoms with Gasteiger partial charge in [0.1, 0.15) is 5.78 Å². The third kappa shape index (κ3) is 3.17. The quantitative estimate of drug-likeness (QED) is 0.766. The van der Waals surface area contributed by atoms with Crippen LogP contribution in [0.3, 0.4) is 0 Å². The lowest BCUT2D eigenvalue weighted by Crippen LogP contribution is -2.17. The van der Waals surface area contributed by atoms with E-state index in [1.807, 2.05) is 17.7 Å². The van der Waals surface area contributed by atoms with E-state index >= 15 is 0 Å². The molecule has 2 heterocycles. The number of hydrogen-bond donors (Lipinski definition) is 0. The van der Waals surface area contributed by atoms with Crippen molar-refractivity contribution < 1.29 is 14.3 Å². The lowest BCUT2D eigenvalue weighted by atomic mass is 10.1. The minimum Gasteiger partial charge on any atom is -0.350 e. The number of Topliss-reactive ketones (excluding diaryl/α,β-unsaturated/α-hetero) is 1. The SMILES string of the molecule is CCc1cc(CC(=O)CC2OCCO2)n(CC)n1. The standard InChI is InChI=1S/C13H20N2O3/c1-3-10-7-11(15(4-2)14-10)8-12(16)9-13-17-5-6-18-13/h7,13H,3-6,8-9H2,1-2H3. The molecule has 0 spiro atoms. The van der Waals surface area contributed by atoms with Crippen LogP contribution in [0.2, 0.25) is 0 Å². The Kier molecular flexibility index (Phi) is 4.49. The maximum atomic E-state index is 11.9. The van der Waals surface area contributed by atoms with Crippen molar-refractivity contribution in [2.24, 2.45) is 0 Å². The highest BCUT2D eigenvalue weighted by atomic mass is 16.7. The molecule has 0 aromatic carbocycles. The van der Waals surface area contributed by atoms with E-state index in [0.29, 0.717) is 26.1 Å². The van der Waals surface area contributed by atoms with E-state index in [9.17, 15) is 4.79 Å². The van der Waals surface area contributed by atoms with E-state index in [2.05, 4.69) is 12.0 Å². The lowest BCUT2D eigenvalue weighted by Gasteiger charge is -2.08. The van der Waals surface area contributed by atoms with Gasteiger partial charge >= 0.3 is 0 Å². The number of hydrogen-bond acceptors (Lipinski definition) is 4. The molecule has 1 fully saturated rings. The van der Waals surface area contributed by atoms with Gasteiger partial charge in [-0.3, -0.25) is 9.48 Å². The van der Waals surface area contributed by atoms with Gasteiger partial charge in [-0.25, -0.2) is 0 Å². The van der Waals surface area contributed by atoms with E-state index in [1.54, 1.807) is 0 Å². The van der Waals surface area contributed by atoms with Gasteiger partial charge < -0.3 is 9.47 Å². The third-order valence-corrected chi connectivity index (χ3v) is 3.04. The molecule has 0 N–H and O–H groups in total. The highest BCUT2D eigenvalue weighted by molar-refractivity contribution is 5.80. The summed E-state index contributed by atoms with van der Waals surface area (Å²) in [6, 6.07) is 2.01. The Hall–Kier alpha value is -1.20. The van der Waals surface area contributed by atoms with Gasteiger partial charge in [-0.1, -0.05) is 6.92 Å². The molecular weight excluding hydrogens is 232 g/mol. The van der Waals surface area contributed by atoms with E-state index < -0.39 is 0 Å². The molecule has 0 saturated carbocycles. The van der Waals surface area contributed by atoms with Crippen LogP contribution in [0.5, 0.6) is 0 Å². The zero-order chi connectivity index (χ0) is 13.0. The molecule has 0 radical (unpaired) electrons. The Balaban J connectivity index is 1.94. The molecule has 5 nitrogen and oxygen atoms in total. The first-order valence-corrected chi connectivity index (χ1v) is 6.53. The average Bonchev–Trinajstić information content (AvgIpc) is 2.98. The Morgan fingerprint density at radius 3 is 2.78 bits per heavy atom. The molecule has 2 rings (SSSR count). The van der Waals surface area contributed by atoms with Crippen molar-refractivity contribution in [3.05, 3.63) is 17.5 Å². The lowest BCUT2D eigenvalue weighted by molar-refractivity contribution is -0.126. The largest absolute Gasteiger partial charge is 0.350 e. The Labute approximate surface area is 107 Å². The second-order valence-corrected chi connectivity index (χ2v) is 4.39. The van der Waals surface area contributed by atoms with E-state index in [4.69, 9.17) is 9.47 Å². The zero-order valence-electron chi connectivity index (χ0n) is 11.0. The number of carbonyl (C=O) groups excluding carboxylic acids is 1. The summed E-state index contributed by atoms with van der Waals surface area (Å²) in [6.45, 7) is 6.06. The molecule has 0 aliphatic carbocycles. The van der Waals surface area contributed by atoms with E-state index in [1.165, 1.54) is 0 Å². The summed E-state index contributed by atoms with van der Waals surface area (Å²) < 4.78 is 12.5. The van der Waals surface area contributed by atoms with Gasteiger partial charge in [0.15, 0.2) is 6.29 Å². The molecule has 1 aromatic rings. The molecule has 18 heavy (non-hydrogen) atoms. The predicted octanol–water partition coefficient (Wildman–Crippen LogP) is 1.34. The fraction of sp³-hybridized carbons (Fsp3) is 0.692. The molecule has 0 bridgehead atoms. The molecule has 1 aliphatic heterocycles. The van der Waals surface area contributed by atoms with Crippen molar-refractivity contribution in [2.75, 3.05) is 13.2 Å². The molecule has 0 amide bonds. The second-order valence-electron chi connectivity index (χ2n) is 4.39. The first kappa shape index (κ1) is 13.2. The van der Waals surface area contributed by atoms with Crippen molar-refractivity contribution in [1.82, 2.24) is 9.78 Å².